The third-order valence-electron chi connectivity index (χ3n) is 3.25. The molecule has 2 unspecified atom stereocenters. The lowest BCUT2D eigenvalue weighted by atomic mass is 10.00. The van der Waals surface area contributed by atoms with Gasteiger partial charge in [-0.25, -0.2) is 4.39 Å². The average molecular weight is 277 g/mol. The zero-order valence-corrected chi connectivity index (χ0v) is 11.8. The Hall–Kier alpha value is -1.72. The fraction of sp³-hybridized carbons (Fsp3) is 0.400. The highest BCUT2D eigenvalue weighted by molar-refractivity contribution is 5.29. The van der Waals surface area contributed by atoms with E-state index in [4.69, 9.17) is 5.11 Å². The Labute approximate surface area is 118 Å². The number of rotatable bonds is 6. The van der Waals surface area contributed by atoms with Crippen molar-refractivity contribution in [1.29, 1.82) is 0 Å². The molecule has 4 nitrogen and oxygen atoms in total. The predicted octanol–water partition coefficient (Wildman–Crippen LogP) is 2.01. The second-order valence-electron chi connectivity index (χ2n) is 5.02. The minimum absolute atomic E-state index is 0.119. The molecule has 0 fully saturated rings. The molecule has 0 spiro atoms. The van der Waals surface area contributed by atoms with Gasteiger partial charge < -0.3 is 10.4 Å². The minimum atomic E-state index is -0.256. The number of nitrogens with zero attached hydrogens (tertiary/aromatic N) is 2. The quantitative estimate of drug-likeness (QED) is 0.849. The van der Waals surface area contributed by atoms with Crippen molar-refractivity contribution in [1.82, 2.24) is 15.1 Å². The van der Waals surface area contributed by atoms with E-state index in [-0.39, 0.29) is 24.5 Å². The topological polar surface area (TPSA) is 50.1 Å². The molecule has 0 amide bonds. The molecule has 20 heavy (non-hydrogen) atoms. The van der Waals surface area contributed by atoms with Crippen LogP contribution in [0, 0.1) is 5.82 Å². The minimum Gasteiger partial charge on any atom is -0.396 e. The number of benzene rings is 1. The molecule has 1 aromatic carbocycles. The highest BCUT2D eigenvalue weighted by atomic mass is 19.1. The molecule has 0 bridgehead atoms. The fourth-order valence-electron chi connectivity index (χ4n) is 2.22. The maximum Gasteiger partial charge on any atom is 0.123 e. The normalized spacial score (nSPS) is 14.2. The highest BCUT2D eigenvalue weighted by Crippen LogP contribution is 2.23. The van der Waals surface area contributed by atoms with Gasteiger partial charge in [0.15, 0.2) is 0 Å². The van der Waals surface area contributed by atoms with E-state index in [0.717, 1.165) is 11.1 Å². The van der Waals surface area contributed by atoms with Crippen LogP contribution in [-0.4, -0.2) is 27.5 Å². The fourth-order valence-corrected chi connectivity index (χ4v) is 2.22. The van der Waals surface area contributed by atoms with E-state index in [2.05, 4.69) is 10.4 Å². The Bertz CT molecular complexity index is 556. The Kier molecular flexibility index (Phi) is 4.87. The summed E-state index contributed by atoms with van der Waals surface area (Å²) in [5, 5.41) is 16.6. The number of aryl methyl sites for hydroxylation is 1. The van der Waals surface area contributed by atoms with Crippen LogP contribution in [0.2, 0.25) is 0 Å². The van der Waals surface area contributed by atoms with Crippen molar-refractivity contribution in [2.45, 2.75) is 25.4 Å². The first-order valence-corrected chi connectivity index (χ1v) is 6.71. The van der Waals surface area contributed by atoms with Crippen LogP contribution in [-0.2, 0) is 7.05 Å². The summed E-state index contributed by atoms with van der Waals surface area (Å²) in [6, 6.07) is 6.53. The molecule has 0 radical (unpaired) electrons. The third-order valence-corrected chi connectivity index (χ3v) is 3.25. The molecule has 0 saturated carbocycles. The van der Waals surface area contributed by atoms with Crippen LogP contribution < -0.4 is 5.32 Å². The van der Waals surface area contributed by atoms with E-state index in [1.807, 2.05) is 26.2 Å². The zero-order chi connectivity index (χ0) is 14.5. The summed E-state index contributed by atoms with van der Waals surface area (Å²) in [5.74, 6) is -0.256. The first kappa shape index (κ1) is 14.7. The molecule has 0 aliphatic heterocycles. The summed E-state index contributed by atoms with van der Waals surface area (Å²) in [7, 11) is 1.85. The van der Waals surface area contributed by atoms with Gasteiger partial charge in [-0.2, -0.15) is 5.10 Å². The van der Waals surface area contributed by atoms with Crippen LogP contribution in [0.1, 0.15) is 30.5 Å². The maximum absolute atomic E-state index is 13.4. The van der Waals surface area contributed by atoms with Crippen LogP contribution in [0.3, 0.4) is 0 Å². The van der Waals surface area contributed by atoms with Crippen molar-refractivity contribution in [3.63, 3.8) is 0 Å². The maximum atomic E-state index is 13.4. The van der Waals surface area contributed by atoms with E-state index in [1.54, 1.807) is 16.9 Å². The number of aliphatic hydroxyl groups excluding tert-OH is 1. The van der Waals surface area contributed by atoms with E-state index in [0.29, 0.717) is 6.42 Å². The van der Waals surface area contributed by atoms with Gasteiger partial charge in [0.1, 0.15) is 5.82 Å². The van der Waals surface area contributed by atoms with Gasteiger partial charge in [0.25, 0.3) is 0 Å². The van der Waals surface area contributed by atoms with E-state index in [9.17, 15) is 4.39 Å². The monoisotopic (exact) mass is 277 g/mol. The van der Waals surface area contributed by atoms with Crippen LogP contribution in [0.15, 0.2) is 36.7 Å². The van der Waals surface area contributed by atoms with Gasteiger partial charge >= 0.3 is 0 Å². The molecular weight excluding hydrogens is 257 g/mol. The standard InChI is InChI=1S/C15H20FN3O/c1-11(6-7-20)18-15(13-9-17-19(2)10-13)12-4-3-5-14(16)8-12/h3-5,8-11,15,18,20H,6-7H2,1-2H3. The number of halogens is 1. The van der Waals surface area contributed by atoms with Gasteiger partial charge in [-0.15, -0.1) is 0 Å². The lowest BCUT2D eigenvalue weighted by Gasteiger charge is -2.22. The largest absolute Gasteiger partial charge is 0.396 e. The van der Waals surface area contributed by atoms with Gasteiger partial charge in [-0.3, -0.25) is 4.68 Å². The lowest BCUT2D eigenvalue weighted by molar-refractivity contribution is 0.266. The van der Waals surface area contributed by atoms with Crippen molar-refractivity contribution in [3.8, 4) is 0 Å². The van der Waals surface area contributed by atoms with Gasteiger partial charge in [0, 0.05) is 31.5 Å². The number of nitrogens with one attached hydrogen (secondary N) is 1. The predicted molar refractivity (Wildman–Crippen MR) is 75.8 cm³/mol. The molecule has 2 atom stereocenters. The van der Waals surface area contributed by atoms with Gasteiger partial charge in [0.05, 0.1) is 12.2 Å². The van der Waals surface area contributed by atoms with Crippen LogP contribution >= 0.6 is 0 Å². The number of hydrogen-bond donors (Lipinski definition) is 2. The summed E-state index contributed by atoms with van der Waals surface area (Å²) < 4.78 is 15.2. The van der Waals surface area contributed by atoms with Crippen molar-refractivity contribution in [2.75, 3.05) is 6.61 Å². The van der Waals surface area contributed by atoms with Crippen molar-refractivity contribution >= 4 is 0 Å². The second-order valence-corrected chi connectivity index (χ2v) is 5.02. The van der Waals surface area contributed by atoms with E-state index < -0.39 is 0 Å². The first-order valence-electron chi connectivity index (χ1n) is 6.71. The van der Waals surface area contributed by atoms with Gasteiger partial charge in [0.2, 0.25) is 0 Å². The lowest BCUT2D eigenvalue weighted by Crippen LogP contribution is -2.31. The molecule has 108 valence electrons. The molecule has 2 N–H and O–H groups in total. The molecule has 5 heteroatoms. The number of aromatic nitrogens is 2. The van der Waals surface area contributed by atoms with Gasteiger partial charge in [-0.05, 0) is 31.0 Å². The molecule has 0 saturated heterocycles. The summed E-state index contributed by atoms with van der Waals surface area (Å²) >= 11 is 0. The van der Waals surface area contributed by atoms with Crippen molar-refractivity contribution in [3.05, 3.63) is 53.6 Å². The second kappa shape index (κ2) is 6.63. The average Bonchev–Trinajstić information content (AvgIpc) is 2.83. The number of hydrogen-bond acceptors (Lipinski definition) is 3. The van der Waals surface area contributed by atoms with E-state index >= 15 is 0 Å². The Morgan fingerprint density at radius 3 is 2.80 bits per heavy atom. The van der Waals surface area contributed by atoms with E-state index in [1.165, 1.54) is 12.1 Å². The molecular formula is C15H20FN3O. The van der Waals surface area contributed by atoms with Crippen molar-refractivity contribution in [2.24, 2.45) is 7.05 Å². The third kappa shape index (κ3) is 3.65. The molecule has 2 rings (SSSR count). The highest BCUT2D eigenvalue weighted by Gasteiger charge is 2.18. The zero-order valence-electron chi connectivity index (χ0n) is 11.8. The molecule has 1 heterocycles. The van der Waals surface area contributed by atoms with Gasteiger partial charge in [-0.1, -0.05) is 12.1 Å². The van der Waals surface area contributed by atoms with Crippen LogP contribution in [0.4, 0.5) is 4.39 Å². The Morgan fingerprint density at radius 1 is 1.40 bits per heavy atom. The number of aliphatic hydroxyl groups is 1. The molecule has 1 aromatic heterocycles. The Morgan fingerprint density at radius 2 is 2.20 bits per heavy atom. The summed E-state index contributed by atoms with van der Waals surface area (Å²) in [4.78, 5) is 0. The summed E-state index contributed by atoms with van der Waals surface area (Å²) in [5.41, 5.74) is 1.82. The molecule has 2 aromatic rings. The molecule has 0 aliphatic carbocycles. The first-order chi connectivity index (χ1) is 9.60. The van der Waals surface area contributed by atoms with Crippen molar-refractivity contribution < 1.29 is 9.50 Å². The SMILES string of the molecule is CC(CCO)NC(c1cccc(F)c1)c1cnn(C)c1. The summed E-state index contributed by atoms with van der Waals surface area (Å²) in [6.07, 6.45) is 4.33. The van der Waals surface area contributed by atoms with Crippen LogP contribution in [0.5, 0.6) is 0 Å². The Balaban J connectivity index is 2.28. The molecule has 0 aliphatic rings. The smallest absolute Gasteiger partial charge is 0.123 e. The van der Waals surface area contributed by atoms with Crippen LogP contribution in [0.25, 0.3) is 0 Å². The summed E-state index contributed by atoms with van der Waals surface area (Å²) in [6.45, 7) is 2.12.